The quantitative estimate of drug-likeness (QED) is 0.200. The molecule has 0 radical (unpaired) electrons. The summed E-state index contributed by atoms with van der Waals surface area (Å²) in [4.78, 5) is 8.83. The zero-order valence-corrected chi connectivity index (χ0v) is 13.3. The zero-order valence-electron chi connectivity index (χ0n) is 7.24. The van der Waals surface area contributed by atoms with Crippen LogP contribution in [0, 0.1) is 10.1 Å². The topological polar surface area (TPSA) is 43.1 Å². The Balaban J connectivity index is -0.0000000300. The molecule has 0 aliphatic heterocycles. The van der Waals surface area contributed by atoms with Crippen molar-refractivity contribution in [2.24, 2.45) is 0 Å². The Morgan fingerprint density at radius 3 is 1.89 bits per heavy atom. The first-order chi connectivity index (χ1) is 3.13. The molecule has 0 unspecified atom stereocenters. The minimum Gasteiger partial charge on any atom is -1.00 e. The van der Waals surface area contributed by atoms with Gasteiger partial charge in [0.25, 0.3) is 6.20 Å². The molecule has 0 saturated heterocycles. The standard InChI is InChI=1S/C2H3NO2S2.2K.2H/c4-3(5)1-2(6)7;;;;/h1,6-7H;;;;/q;2*+1;2*-1. The molecule has 0 bridgehead atoms. The molecule has 3 nitrogen and oxygen atoms in total. The van der Waals surface area contributed by atoms with Gasteiger partial charge in [0.2, 0.25) is 0 Å². The van der Waals surface area contributed by atoms with Crippen molar-refractivity contribution in [1.29, 1.82) is 0 Å². The van der Waals surface area contributed by atoms with E-state index in [0.29, 0.717) is 6.20 Å². The number of nitrogens with zero attached hydrogens (tertiary/aromatic N) is 1. The summed E-state index contributed by atoms with van der Waals surface area (Å²) in [6, 6.07) is 0. The van der Waals surface area contributed by atoms with Gasteiger partial charge in [-0.3, -0.25) is 10.1 Å². The van der Waals surface area contributed by atoms with Crippen molar-refractivity contribution < 1.29 is 111 Å². The van der Waals surface area contributed by atoms with Crippen molar-refractivity contribution >= 4 is 25.3 Å². The van der Waals surface area contributed by atoms with E-state index in [1.807, 2.05) is 0 Å². The molecule has 0 heterocycles. The van der Waals surface area contributed by atoms with Gasteiger partial charge in [-0.1, -0.05) is 0 Å². The van der Waals surface area contributed by atoms with Crippen LogP contribution in [0.3, 0.4) is 0 Å². The Morgan fingerprint density at radius 1 is 1.56 bits per heavy atom. The van der Waals surface area contributed by atoms with E-state index in [1.54, 1.807) is 0 Å². The van der Waals surface area contributed by atoms with Gasteiger partial charge in [0, 0.05) is 0 Å². The Labute approximate surface area is 152 Å². The molecule has 0 spiro atoms. The van der Waals surface area contributed by atoms with E-state index < -0.39 is 4.92 Å². The molecule has 0 aromatic carbocycles. The first kappa shape index (κ1) is 18.0. The summed E-state index contributed by atoms with van der Waals surface area (Å²) in [7, 11) is 0. The summed E-state index contributed by atoms with van der Waals surface area (Å²) in [5, 5.41) is 9.44. The predicted octanol–water partition coefficient (Wildman–Crippen LogP) is -4.85. The van der Waals surface area contributed by atoms with Crippen LogP contribution in [0.4, 0.5) is 0 Å². The van der Waals surface area contributed by atoms with E-state index in [1.165, 1.54) is 0 Å². The van der Waals surface area contributed by atoms with Crippen molar-refractivity contribution in [1.82, 2.24) is 0 Å². The van der Waals surface area contributed by atoms with Gasteiger partial charge < -0.3 is 2.85 Å². The van der Waals surface area contributed by atoms with Crippen molar-refractivity contribution in [2.45, 2.75) is 0 Å². The van der Waals surface area contributed by atoms with Crippen molar-refractivity contribution in [3.05, 3.63) is 20.6 Å². The Morgan fingerprint density at radius 2 is 1.89 bits per heavy atom. The molecule has 0 saturated carbocycles. The molecule has 0 aromatic rings. The molecule has 0 N–H and O–H groups in total. The van der Waals surface area contributed by atoms with E-state index in [9.17, 15) is 10.1 Å². The Hall–Kier alpha value is 3.11. The number of hydrogen-bond donors (Lipinski definition) is 2. The molecule has 7 heteroatoms. The van der Waals surface area contributed by atoms with Gasteiger partial charge in [0.1, 0.15) is 4.24 Å². The van der Waals surface area contributed by atoms with Gasteiger partial charge in [0.15, 0.2) is 0 Å². The molecule has 44 valence electrons. The van der Waals surface area contributed by atoms with E-state index in [4.69, 9.17) is 0 Å². The van der Waals surface area contributed by atoms with E-state index in [0.717, 1.165) is 0 Å². The van der Waals surface area contributed by atoms with Crippen LogP contribution in [0.25, 0.3) is 0 Å². The van der Waals surface area contributed by atoms with Crippen LogP contribution in [0.1, 0.15) is 2.85 Å². The van der Waals surface area contributed by atoms with Gasteiger partial charge >= 0.3 is 103 Å². The molecule has 0 aromatic heterocycles. The maximum atomic E-state index is 9.44. The van der Waals surface area contributed by atoms with Crippen LogP contribution in [-0.2, 0) is 0 Å². The number of thiol groups is 2. The molecular weight excluding hydrogens is 212 g/mol. The molecule has 0 amide bonds. The molecular formula is C2H5K2NO2S2. The second-order valence-electron chi connectivity index (χ2n) is 0.773. The molecule has 9 heavy (non-hydrogen) atoms. The minimum absolute atomic E-state index is 0. The van der Waals surface area contributed by atoms with Gasteiger partial charge in [-0.15, -0.1) is 25.3 Å². The monoisotopic (exact) mass is 217 g/mol. The number of nitro groups is 1. The normalized spacial score (nSPS) is 6.00. The molecule has 0 aliphatic rings. The summed E-state index contributed by atoms with van der Waals surface area (Å²) in [5.74, 6) is 0. The molecule has 0 rings (SSSR count). The van der Waals surface area contributed by atoms with Crippen LogP contribution in [0.2, 0.25) is 0 Å². The second kappa shape index (κ2) is 11.1. The summed E-state index contributed by atoms with van der Waals surface area (Å²) in [6.45, 7) is 0. The SMILES string of the molecule is O=[N+]([O-])C=C(S)S.[H-].[H-].[K+].[K+]. The number of hydrogen-bond acceptors (Lipinski definition) is 4. The fraction of sp³-hybridized carbons (Fsp3) is 0. The summed E-state index contributed by atoms with van der Waals surface area (Å²) >= 11 is 7.04. The van der Waals surface area contributed by atoms with E-state index in [2.05, 4.69) is 25.3 Å². The van der Waals surface area contributed by atoms with E-state index in [-0.39, 0.29) is 110 Å². The molecule has 0 aliphatic carbocycles. The summed E-state index contributed by atoms with van der Waals surface area (Å²) in [5.41, 5.74) is 0. The fourth-order valence-electron chi connectivity index (χ4n) is 0.0943. The van der Waals surface area contributed by atoms with Crippen molar-refractivity contribution in [3.8, 4) is 0 Å². The number of rotatable bonds is 1. The van der Waals surface area contributed by atoms with Gasteiger partial charge in [-0.25, -0.2) is 0 Å². The van der Waals surface area contributed by atoms with Crippen molar-refractivity contribution in [3.63, 3.8) is 0 Å². The molecule has 0 atom stereocenters. The largest absolute Gasteiger partial charge is 1.00 e. The zero-order chi connectivity index (χ0) is 5.86. The first-order valence-electron chi connectivity index (χ1n) is 1.36. The summed E-state index contributed by atoms with van der Waals surface area (Å²) < 4.78 is 0.102. The third kappa shape index (κ3) is 18.2. The van der Waals surface area contributed by atoms with Crippen LogP contribution in [-0.4, -0.2) is 4.92 Å². The third-order valence-electron chi connectivity index (χ3n) is 0.221. The maximum Gasteiger partial charge on any atom is 1.00 e. The van der Waals surface area contributed by atoms with Gasteiger partial charge in [-0.05, 0) is 0 Å². The smallest absolute Gasteiger partial charge is 1.00 e. The van der Waals surface area contributed by atoms with Crippen LogP contribution in [0.5, 0.6) is 0 Å². The molecule has 0 fully saturated rings. The van der Waals surface area contributed by atoms with Crippen LogP contribution >= 0.6 is 25.3 Å². The average Bonchev–Trinajstić information content (AvgIpc) is 1.27. The minimum atomic E-state index is -0.616. The van der Waals surface area contributed by atoms with Gasteiger partial charge in [0.05, 0.1) is 4.92 Å². The second-order valence-corrected chi connectivity index (χ2v) is 2.09. The van der Waals surface area contributed by atoms with E-state index >= 15 is 0 Å². The van der Waals surface area contributed by atoms with Crippen LogP contribution in [0.15, 0.2) is 10.4 Å². The Bertz CT molecular complexity index is 121. The third-order valence-corrected chi connectivity index (χ3v) is 0.452. The van der Waals surface area contributed by atoms with Crippen molar-refractivity contribution in [2.75, 3.05) is 0 Å². The maximum absolute atomic E-state index is 9.44. The van der Waals surface area contributed by atoms with Gasteiger partial charge in [-0.2, -0.15) is 0 Å². The first-order valence-corrected chi connectivity index (χ1v) is 2.25. The Kier molecular flexibility index (Phi) is 22.2. The average molecular weight is 217 g/mol. The fourth-order valence-corrected chi connectivity index (χ4v) is 0.283. The van der Waals surface area contributed by atoms with Crippen LogP contribution < -0.4 is 103 Å². The summed E-state index contributed by atoms with van der Waals surface area (Å²) in [6.07, 6.45) is 0.701. The predicted molar refractivity (Wildman–Crippen MR) is 35.3 cm³/mol.